The van der Waals surface area contributed by atoms with E-state index in [9.17, 15) is 19.2 Å². The number of hydrogen-bond acceptors (Lipinski definition) is 5. The van der Waals surface area contributed by atoms with Gasteiger partial charge in [0.15, 0.2) is 11.9 Å². The molecule has 1 saturated carbocycles. The average molecular weight is 422 g/mol. The third-order valence-corrected chi connectivity index (χ3v) is 5.26. The Morgan fingerprint density at radius 2 is 1.48 bits per heavy atom. The first-order valence-electron chi connectivity index (χ1n) is 10.5. The lowest BCUT2D eigenvalue weighted by molar-refractivity contribution is -0.127. The van der Waals surface area contributed by atoms with Gasteiger partial charge in [0.1, 0.15) is 0 Å². The molecular formula is C24H26N2O5. The molecule has 3 amide bonds. The molecule has 1 aliphatic rings. The molecule has 1 aliphatic carbocycles. The predicted molar refractivity (Wildman–Crippen MR) is 115 cm³/mol. The minimum absolute atomic E-state index is 0.0512. The second-order valence-electron chi connectivity index (χ2n) is 7.59. The van der Waals surface area contributed by atoms with Gasteiger partial charge in [-0.05, 0) is 25.8 Å². The van der Waals surface area contributed by atoms with Crippen LogP contribution in [0.15, 0.2) is 54.6 Å². The molecule has 31 heavy (non-hydrogen) atoms. The molecular weight excluding hydrogens is 396 g/mol. The molecule has 1 atom stereocenters. The Labute approximate surface area is 181 Å². The lowest BCUT2D eigenvalue weighted by Gasteiger charge is -2.23. The van der Waals surface area contributed by atoms with Crippen LogP contribution < -0.4 is 10.6 Å². The standard InChI is InChI=1S/C24H26N2O5/c1-16(22(28)26-24(30)25-18-12-6-3-7-13-18)31-23(29)20-15-9-8-14-19(20)21(27)17-10-4-2-5-11-17/h2,4-5,8-11,14-16,18H,3,6-7,12-13H2,1H3,(H2,25,26,28,30)/t16-/m1/s1. The van der Waals surface area contributed by atoms with Crippen molar-refractivity contribution < 1.29 is 23.9 Å². The Hall–Kier alpha value is -3.48. The van der Waals surface area contributed by atoms with E-state index < -0.39 is 24.0 Å². The zero-order valence-corrected chi connectivity index (χ0v) is 17.4. The number of esters is 1. The van der Waals surface area contributed by atoms with Gasteiger partial charge in [-0.15, -0.1) is 0 Å². The van der Waals surface area contributed by atoms with Gasteiger partial charge in [-0.3, -0.25) is 14.9 Å². The van der Waals surface area contributed by atoms with E-state index in [2.05, 4.69) is 10.6 Å². The van der Waals surface area contributed by atoms with E-state index in [1.54, 1.807) is 42.5 Å². The van der Waals surface area contributed by atoms with E-state index in [4.69, 9.17) is 4.74 Å². The van der Waals surface area contributed by atoms with Crippen LogP contribution in [0.2, 0.25) is 0 Å². The van der Waals surface area contributed by atoms with Crippen LogP contribution in [-0.4, -0.2) is 35.8 Å². The fourth-order valence-corrected chi connectivity index (χ4v) is 3.56. The minimum atomic E-state index is -1.20. The van der Waals surface area contributed by atoms with Crippen molar-refractivity contribution in [3.8, 4) is 0 Å². The summed E-state index contributed by atoms with van der Waals surface area (Å²) in [5.74, 6) is -1.86. The number of hydrogen-bond donors (Lipinski definition) is 2. The SMILES string of the molecule is C[C@@H](OC(=O)c1ccccc1C(=O)c1ccccc1)C(=O)NC(=O)NC1CCCCC1. The van der Waals surface area contributed by atoms with Crippen molar-refractivity contribution in [1.82, 2.24) is 10.6 Å². The summed E-state index contributed by atoms with van der Waals surface area (Å²) in [6.45, 7) is 1.38. The number of nitrogens with one attached hydrogen (secondary N) is 2. The van der Waals surface area contributed by atoms with E-state index >= 15 is 0 Å². The smallest absolute Gasteiger partial charge is 0.339 e. The molecule has 3 rings (SSSR count). The molecule has 162 valence electrons. The predicted octanol–water partition coefficient (Wildman–Crippen LogP) is 3.62. The van der Waals surface area contributed by atoms with Crippen molar-refractivity contribution in [2.45, 2.75) is 51.2 Å². The molecule has 0 radical (unpaired) electrons. The lowest BCUT2D eigenvalue weighted by atomic mass is 9.96. The third-order valence-electron chi connectivity index (χ3n) is 5.26. The number of carbonyl (C=O) groups excluding carboxylic acids is 4. The summed E-state index contributed by atoms with van der Waals surface area (Å²) < 4.78 is 5.23. The Kier molecular flexibility index (Phi) is 7.54. The summed E-state index contributed by atoms with van der Waals surface area (Å²) in [4.78, 5) is 49.8. The summed E-state index contributed by atoms with van der Waals surface area (Å²) >= 11 is 0. The molecule has 0 unspecified atom stereocenters. The number of ether oxygens (including phenoxy) is 1. The van der Waals surface area contributed by atoms with Gasteiger partial charge in [0.2, 0.25) is 0 Å². The van der Waals surface area contributed by atoms with Crippen LogP contribution >= 0.6 is 0 Å². The topological polar surface area (TPSA) is 102 Å². The highest BCUT2D eigenvalue weighted by Gasteiger charge is 2.25. The van der Waals surface area contributed by atoms with Crippen molar-refractivity contribution >= 4 is 23.7 Å². The second kappa shape index (κ2) is 10.5. The van der Waals surface area contributed by atoms with Crippen molar-refractivity contribution in [3.05, 3.63) is 71.3 Å². The van der Waals surface area contributed by atoms with Crippen LogP contribution in [0.1, 0.15) is 65.3 Å². The molecule has 2 aromatic rings. The quantitative estimate of drug-likeness (QED) is 0.547. The molecule has 0 heterocycles. The minimum Gasteiger partial charge on any atom is -0.449 e. The summed E-state index contributed by atoms with van der Waals surface area (Å²) in [6.07, 6.45) is 3.82. The van der Waals surface area contributed by atoms with Gasteiger partial charge in [0.05, 0.1) is 5.56 Å². The average Bonchev–Trinajstić information content (AvgIpc) is 2.79. The van der Waals surface area contributed by atoms with Crippen LogP contribution in [-0.2, 0) is 9.53 Å². The first kappa shape index (κ1) is 22.2. The van der Waals surface area contributed by atoms with E-state index in [1.165, 1.54) is 19.1 Å². The van der Waals surface area contributed by atoms with Gasteiger partial charge in [0.25, 0.3) is 5.91 Å². The molecule has 2 aromatic carbocycles. The van der Waals surface area contributed by atoms with E-state index in [0.717, 1.165) is 32.1 Å². The van der Waals surface area contributed by atoms with Crippen LogP contribution in [0.25, 0.3) is 0 Å². The summed E-state index contributed by atoms with van der Waals surface area (Å²) in [7, 11) is 0. The first-order chi connectivity index (χ1) is 15.0. The van der Waals surface area contributed by atoms with Gasteiger partial charge in [0, 0.05) is 17.2 Å². The van der Waals surface area contributed by atoms with Gasteiger partial charge in [-0.1, -0.05) is 67.8 Å². The fraction of sp³-hybridized carbons (Fsp3) is 0.333. The van der Waals surface area contributed by atoms with Gasteiger partial charge in [-0.2, -0.15) is 0 Å². The van der Waals surface area contributed by atoms with Crippen LogP contribution in [0.4, 0.5) is 4.79 Å². The normalized spacial score (nSPS) is 14.9. The molecule has 0 spiro atoms. The number of ketones is 1. The zero-order valence-electron chi connectivity index (χ0n) is 17.4. The third kappa shape index (κ3) is 6.01. The van der Waals surface area contributed by atoms with E-state index in [-0.39, 0.29) is 23.0 Å². The van der Waals surface area contributed by atoms with Crippen LogP contribution in [0.3, 0.4) is 0 Å². The largest absolute Gasteiger partial charge is 0.449 e. The first-order valence-corrected chi connectivity index (χ1v) is 10.5. The molecule has 0 bridgehead atoms. The summed E-state index contributed by atoms with van der Waals surface area (Å²) in [5.41, 5.74) is 0.678. The molecule has 7 heteroatoms. The number of amides is 3. The maximum absolute atomic E-state index is 12.8. The van der Waals surface area contributed by atoms with Gasteiger partial charge >= 0.3 is 12.0 Å². The Morgan fingerprint density at radius 1 is 0.871 bits per heavy atom. The highest BCUT2D eigenvalue weighted by atomic mass is 16.5. The molecule has 2 N–H and O–H groups in total. The number of urea groups is 1. The molecule has 7 nitrogen and oxygen atoms in total. The maximum atomic E-state index is 12.8. The van der Waals surface area contributed by atoms with Crippen LogP contribution in [0, 0.1) is 0 Å². The maximum Gasteiger partial charge on any atom is 0.339 e. The Bertz CT molecular complexity index is 951. The molecule has 0 saturated heterocycles. The van der Waals surface area contributed by atoms with Gasteiger partial charge in [-0.25, -0.2) is 9.59 Å². The Balaban J connectivity index is 1.61. The molecule has 0 aromatic heterocycles. The number of imide groups is 1. The number of benzene rings is 2. The van der Waals surface area contributed by atoms with Crippen molar-refractivity contribution in [2.75, 3.05) is 0 Å². The summed E-state index contributed by atoms with van der Waals surface area (Å²) in [6, 6.07) is 14.3. The van der Waals surface area contributed by atoms with E-state index in [1.807, 2.05) is 0 Å². The van der Waals surface area contributed by atoms with Gasteiger partial charge < -0.3 is 10.1 Å². The molecule has 1 fully saturated rings. The summed E-state index contributed by atoms with van der Waals surface area (Å²) in [5, 5.41) is 4.99. The fourth-order valence-electron chi connectivity index (χ4n) is 3.56. The van der Waals surface area contributed by atoms with E-state index in [0.29, 0.717) is 5.56 Å². The zero-order chi connectivity index (χ0) is 22.2. The number of rotatable bonds is 6. The Morgan fingerprint density at radius 3 is 2.16 bits per heavy atom. The molecule has 0 aliphatic heterocycles. The second-order valence-corrected chi connectivity index (χ2v) is 7.59. The van der Waals surface area contributed by atoms with Crippen molar-refractivity contribution in [1.29, 1.82) is 0 Å². The lowest BCUT2D eigenvalue weighted by Crippen LogP contribution is -2.48. The van der Waals surface area contributed by atoms with Crippen molar-refractivity contribution in [3.63, 3.8) is 0 Å². The highest BCUT2D eigenvalue weighted by Crippen LogP contribution is 2.18. The van der Waals surface area contributed by atoms with Crippen LogP contribution in [0.5, 0.6) is 0 Å². The number of carbonyl (C=O) groups is 4. The highest BCUT2D eigenvalue weighted by molar-refractivity contribution is 6.14. The monoisotopic (exact) mass is 422 g/mol. The van der Waals surface area contributed by atoms with Crippen molar-refractivity contribution in [2.24, 2.45) is 0 Å².